The van der Waals surface area contributed by atoms with Gasteiger partial charge in [0.2, 0.25) is 0 Å². The van der Waals surface area contributed by atoms with E-state index in [0.717, 1.165) is 17.8 Å². The highest BCUT2D eigenvalue weighted by molar-refractivity contribution is 5.06. The summed E-state index contributed by atoms with van der Waals surface area (Å²) in [5, 5.41) is 3.61. The minimum absolute atomic E-state index is 0.584. The molecule has 4 unspecified atom stereocenters. The van der Waals surface area contributed by atoms with E-state index in [-0.39, 0.29) is 0 Å². The second-order valence-electron chi connectivity index (χ2n) is 5.33. The summed E-state index contributed by atoms with van der Waals surface area (Å²) in [6.07, 6.45) is 9.05. The lowest BCUT2D eigenvalue weighted by Crippen LogP contribution is -2.40. The summed E-state index contributed by atoms with van der Waals surface area (Å²) in [5.74, 6) is 3.34. The highest BCUT2D eigenvalue weighted by Crippen LogP contribution is 2.57. The first-order chi connectivity index (χ1) is 5.81. The highest BCUT2D eigenvalue weighted by atomic mass is 15.0. The molecule has 3 aliphatic rings. The molecule has 0 aliphatic heterocycles. The molecule has 3 aliphatic carbocycles. The van der Waals surface area contributed by atoms with E-state index in [0.29, 0.717) is 5.54 Å². The maximum absolute atomic E-state index is 3.61. The molecule has 0 heterocycles. The van der Waals surface area contributed by atoms with Crippen molar-refractivity contribution in [2.24, 2.45) is 17.8 Å². The summed E-state index contributed by atoms with van der Waals surface area (Å²) in [6.45, 7) is 0. The van der Waals surface area contributed by atoms with Crippen LogP contribution in [0.4, 0.5) is 0 Å². The average Bonchev–Trinajstić information content (AvgIpc) is 2.59. The van der Waals surface area contributed by atoms with Crippen molar-refractivity contribution in [1.82, 2.24) is 5.32 Å². The number of fused-ring (bicyclic) bond motifs is 3. The Hall–Kier alpha value is -0.0400. The lowest BCUT2D eigenvalue weighted by molar-refractivity contribution is 0.314. The van der Waals surface area contributed by atoms with Gasteiger partial charge in [-0.15, -0.1) is 0 Å². The third-order valence-corrected chi connectivity index (χ3v) is 4.60. The molecule has 0 amide bonds. The Kier molecular flexibility index (Phi) is 1.39. The van der Waals surface area contributed by atoms with Crippen LogP contribution in [0.25, 0.3) is 0 Å². The Morgan fingerprint density at radius 2 is 2.08 bits per heavy atom. The van der Waals surface area contributed by atoms with E-state index in [1.807, 2.05) is 0 Å². The molecule has 1 heteroatoms. The standard InChI is InChI=1S/C11H19N/c1-12-11-3-2-8(6-11)4-9-5-10(9)7-11/h8-10,12H,2-7H2,1H3. The Morgan fingerprint density at radius 1 is 1.17 bits per heavy atom. The summed E-state index contributed by atoms with van der Waals surface area (Å²) < 4.78 is 0. The van der Waals surface area contributed by atoms with Crippen LogP contribution in [0.2, 0.25) is 0 Å². The van der Waals surface area contributed by atoms with Gasteiger partial charge in [-0.1, -0.05) is 0 Å². The SMILES string of the molecule is CNC12CCC(CC3CC3C1)C2. The van der Waals surface area contributed by atoms with Crippen LogP contribution in [0.3, 0.4) is 0 Å². The van der Waals surface area contributed by atoms with E-state index in [2.05, 4.69) is 12.4 Å². The zero-order valence-corrected chi connectivity index (χ0v) is 7.97. The summed E-state index contributed by atoms with van der Waals surface area (Å²) in [5.41, 5.74) is 0.584. The van der Waals surface area contributed by atoms with E-state index in [4.69, 9.17) is 0 Å². The Bertz CT molecular complexity index is 201. The Balaban J connectivity index is 1.84. The van der Waals surface area contributed by atoms with Crippen LogP contribution in [0.1, 0.15) is 38.5 Å². The largest absolute Gasteiger partial charge is 0.314 e. The van der Waals surface area contributed by atoms with Crippen molar-refractivity contribution in [2.75, 3.05) is 7.05 Å². The number of rotatable bonds is 1. The lowest BCUT2D eigenvalue weighted by Gasteiger charge is -2.28. The van der Waals surface area contributed by atoms with Crippen molar-refractivity contribution >= 4 is 0 Å². The molecule has 0 aromatic rings. The molecule has 3 saturated carbocycles. The predicted octanol–water partition coefficient (Wildman–Crippen LogP) is 2.17. The van der Waals surface area contributed by atoms with E-state index < -0.39 is 0 Å². The van der Waals surface area contributed by atoms with Crippen LogP contribution in [0.15, 0.2) is 0 Å². The van der Waals surface area contributed by atoms with Gasteiger partial charge in [0.1, 0.15) is 0 Å². The second-order valence-corrected chi connectivity index (χ2v) is 5.33. The van der Waals surface area contributed by atoms with Crippen LogP contribution in [-0.4, -0.2) is 12.6 Å². The minimum Gasteiger partial charge on any atom is -0.314 e. The van der Waals surface area contributed by atoms with Gasteiger partial charge in [0.25, 0.3) is 0 Å². The van der Waals surface area contributed by atoms with E-state index >= 15 is 0 Å². The third-order valence-electron chi connectivity index (χ3n) is 4.60. The summed E-state index contributed by atoms with van der Waals surface area (Å²) in [7, 11) is 2.17. The summed E-state index contributed by atoms with van der Waals surface area (Å²) >= 11 is 0. The second kappa shape index (κ2) is 2.25. The van der Waals surface area contributed by atoms with Crippen LogP contribution in [-0.2, 0) is 0 Å². The molecule has 1 nitrogen and oxygen atoms in total. The molecule has 0 aromatic carbocycles. The number of nitrogens with one attached hydrogen (secondary N) is 1. The van der Waals surface area contributed by atoms with Crippen LogP contribution in [0.5, 0.6) is 0 Å². The maximum atomic E-state index is 3.61. The van der Waals surface area contributed by atoms with Crippen molar-refractivity contribution in [1.29, 1.82) is 0 Å². The van der Waals surface area contributed by atoms with E-state index in [9.17, 15) is 0 Å². The smallest absolute Gasteiger partial charge is 0.0184 e. The topological polar surface area (TPSA) is 12.0 Å². The molecule has 0 saturated heterocycles. The van der Waals surface area contributed by atoms with Gasteiger partial charge in [-0.25, -0.2) is 0 Å². The normalized spacial score (nSPS) is 56.2. The zero-order valence-electron chi connectivity index (χ0n) is 7.97. The van der Waals surface area contributed by atoms with Crippen LogP contribution >= 0.6 is 0 Å². The first-order valence-corrected chi connectivity index (χ1v) is 5.50. The predicted molar refractivity (Wildman–Crippen MR) is 50.0 cm³/mol. The summed E-state index contributed by atoms with van der Waals surface area (Å²) in [6, 6.07) is 0. The Morgan fingerprint density at radius 3 is 2.92 bits per heavy atom. The molecule has 1 N–H and O–H groups in total. The van der Waals surface area contributed by atoms with Gasteiger partial charge in [0, 0.05) is 5.54 Å². The molecule has 2 bridgehead atoms. The van der Waals surface area contributed by atoms with Gasteiger partial charge in [0.05, 0.1) is 0 Å². The molecular formula is C11H19N. The van der Waals surface area contributed by atoms with Crippen molar-refractivity contribution in [3.05, 3.63) is 0 Å². The van der Waals surface area contributed by atoms with Gasteiger partial charge in [-0.2, -0.15) is 0 Å². The van der Waals surface area contributed by atoms with Crippen LogP contribution in [0, 0.1) is 17.8 Å². The van der Waals surface area contributed by atoms with Gasteiger partial charge >= 0.3 is 0 Å². The van der Waals surface area contributed by atoms with Gasteiger partial charge in [-0.05, 0) is 63.3 Å². The average molecular weight is 165 g/mol. The van der Waals surface area contributed by atoms with Gasteiger partial charge in [0.15, 0.2) is 0 Å². The van der Waals surface area contributed by atoms with E-state index in [1.165, 1.54) is 25.7 Å². The van der Waals surface area contributed by atoms with E-state index in [1.54, 1.807) is 12.8 Å². The van der Waals surface area contributed by atoms with Crippen molar-refractivity contribution in [3.63, 3.8) is 0 Å². The quantitative estimate of drug-likeness (QED) is 0.628. The molecule has 3 rings (SSSR count). The zero-order chi connectivity index (χ0) is 8.18. The number of hydrogen-bond donors (Lipinski definition) is 1. The lowest BCUT2D eigenvalue weighted by atomic mass is 9.91. The fraction of sp³-hybridized carbons (Fsp3) is 1.00. The fourth-order valence-electron chi connectivity index (χ4n) is 3.73. The monoisotopic (exact) mass is 165 g/mol. The molecule has 12 heavy (non-hydrogen) atoms. The van der Waals surface area contributed by atoms with Crippen molar-refractivity contribution in [3.8, 4) is 0 Å². The van der Waals surface area contributed by atoms with Gasteiger partial charge < -0.3 is 5.32 Å². The maximum Gasteiger partial charge on any atom is 0.0184 e. The molecule has 0 aromatic heterocycles. The molecule has 0 radical (unpaired) electrons. The molecular weight excluding hydrogens is 146 g/mol. The highest BCUT2D eigenvalue weighted by Gasteiger charge is 2.51. The fourth-order valence-corrected chi connectivity index (χ4v) is 3.73. The third kappa shape index (κ3) is 0.953. The first-order valence-electron chi connectivity index (χ1n) is 5.50. The Labute approximate surface area is 74.9 Å². The van der Waals surface area contributed by atoms with Crippen molar-refractivity contribution < 1.29 is 0 Å². The number of hydrogen-bond acceptors (Lipinski definition) is 1. The first kappa shape index (κ1) is 7.37. The van der Waals surface area contributed by atoms with Gasteiger partial charge in [-0.3, -0.25) is 0 Å². The molecule has 0 spiro atoms. The molecule has 3 fully saturated rings. The minimum atomic E-state index is 0.584. The summed E-state index contributed by atoms with van der Waals surface area (Å²) in [4.78, 5) is 0. The van der Waals surface area contributed by atoms with Crippen molar-refractivity contribution in [2.45, 2.75) is 44.1 Å². The molecule has 68 valence electrons. The van der Waals surface area contributed by atoms with Crippen LogP contribution < -0.4 is 5.32 Å². The molecule has 4 atom stereocenters.